The highest BCUT2D eigenvalue weighted by Crippen LogP contribution is 2.24. The van der Waals surface area contributed by atoms with Crippen LogP contribution in [0.5, 0.6) is 0 Å². The number of rotatable bonds is 1. The Kier molecular flexibility index (Phi) is 4.27. The summed E-state index contributed by atoms with van der Waals surface area (Å²) in [5.74, 6) is 0. The minimum Gasteiger partial charge on any atom is -0.319 e. The first-order valence-electron chi connectivity index (χ1n) is 6.43. The van der Waals surface area contributed by atoms with E-state index < -0.39 is 0 Å². The van der Waals surface area contributed by atoms with E-state index in [1.807, 2.05) is 29.2 Å². The van der Waals surface area contributed by atoms with E-state index in [2.05, 4.69) is 35.1 Å². The van der Waals surface area contributed by atoms with E-state index in [4.69, 9.17) is 0 Å². The molecule has 3 nitrogen and oxygen atoms in total. The molecule has 4 heteroatoms. The standard InChI is InChI=1S/C14H19BrN2O/c1-10-5-3-6-11(2)17(10)14(18)16-13-8-4-7-12(15)9-13/h4,7-11H,3,5-6H2,1-2H3,(H,16,18)/t10-,11-/m0/s1. The summed E-state index contributed by atoms with van der Waals surface area (Å²) < 4.78 is 0.972. The monoisotopic (exact) mass is 310 g/mol. The molecular weight excluding hydrogens is 292 g/mol. The van der Waals surface area contributed by atoms with Crippen LogP contribution in [-0.2, 0) is 0 Å². The first-order chi connectivity index (χ1) is 8.58. The first-order valence-corrected chi connectivity index (χ1v) is 7.22. The Morgan fingerprint density at radius 1 is 1.33 bits per heavy atom. The highest BCUT2D eigenvalue weighted by Gasteiger charge is 2.28. The molecular formula is C14H19BrN2O. The zero-order valence-electron chi connectivity index (χ0n) is 10.8. The van der Waals surface area contributed by atoms with Gasteiger partial charge in [-0.2, -0.15) is 0 Å². The number of piperidine rings is 1. The maximum Gasteiger partial charge on any atom is 0.322 e. The van der Waals surface area contributed by atoms with Crippen LogP contribution < -0.4 is 5.32 Å². The predicted molar refractivity (Wildman–Crippen MR) is 77.8 cm³/mol. The van der Waals surface area contributed by atoms with Crippen molar-refractivity contribution in [2.24, 2.45) is 0 Å². The molecule has 0 aliphatic carbocycles. The third-order valence-electron chi connectivity index (χ3n) is 3.50. The molecule has 0 spiro atoms. The smallest absolute Gasteiger partial charge is 0.319 e. The number of carbonyl (C=O) groups is 1. The van der Waals surface area contributed by atoms with Gasteiger partial charge in [0.05, 0.1) is 0 Å². The van der Waals surface area contributed by atoms with Gasteiger partial charge in [-0.25, -0.2) is 4.79 Å². The lowest BCUT2D eigenvalue weighted by atomic mass is 9.98. The van der Waals surface area contributed by atoms with Crippen molar-refractivity contribution in [3.63, 3.8) is 0 Å². The molecule has 1 saturated heterocycles. The summed E-state index contributed by atoms with van der Waals surface area (Å²) in [5.41, 5.74) is 0.833. The van der Waals surface area contributed by atoms with Crippen LogP contribution in [-0.4, -0.2) is 23.0 Å². The van der Waals surface area contributed by atoms with Crippen molar-refractivity contribution in [1.82, 2.24) is 4.90 Å². The molecule has 0 saturated carbocycles. The van der Waals surface area contributed by atoms with Gasteiger partial charge in [-0.05, 0) is 51.3 Å². The van der Waals surface area contributed by atoms with Gasteiger partial charge < -0.3 is 10.2 Å². The van der Waals surface area contributed by atoms with Crippen LogP contribution in [0.2, 0.25) is 0 Å². The van der Waals surface area contributed by atoms with Gasteiger partial charge in [0.25, 0.3) is 0 Å². The number of likely N-dealkylation sites (tertiary alicyclic amines) is 1. The molecule has 1 aromatic rings. The number of anilines is 1. The number of nitrogens with zero attached hydrogens (tertiary/aromatic N) is 1. The van der Waals surface area contributed by atoms with E-state index in [1.165, 1.54) is 6.42 Å². The molecule has 1 N–H and O–H groups in total. The summed E-state index contributed by atoms with van der Waals surface area (Å²) in [6.45, 7) is 4.24. The Morgan fingerprint density at radius 3 is 2.61 bits per heavy atom. The summed E-state index contributed by atoms with van der Waals surface area (Å²) in [7, 11) is 0. The summed E-state index contributed by atoms with van der Waals surface area (Å²) in [6, 6.07) is 8.33. The Balaban J connectivity index is 2.07. The van der Waals surface area contributed by atoms with E-state index in [1.54, 1.807) is 0 Å². The lowest BCUT2D eigenvalue weighted by Gasteiger charge is -2.38. The average Bonchev–Trinajstić information content (AvgIpc) is 2.28. The Labute approximate surface area is 117 Å². The molecule has 0 radical (unpaired) electrons. The van der Waals surface area contributed by atoms with Crippen LogP contribution in [0.1, 0.15) is 33.1 Å². The maximum absolute atomic E-state index is 12.3. The number of hydrogen-bond donors (Lipinski definition) is 1. The molecule has 0 aromatic heterocycles. The summed E-state index contributed by atoms with van der Waals surface area (Å²) in [5, 5.41) is 2.97. The van der Waals surface area contributed by atoms with E-state index >= 15 is 0 Å². The molecule has 2 amide bonds. The lowest BCUT2D eigenvalue weighted by Crippen LogP contribution is -2.49. The number of urea groups is 1. The molecule has 1 heterocycles. The molecule has 2 rings (SSSR count). The minimum absolute atomic E-state index is 0.00722. The molecule has 1 fully saturated rings. The van der Waals surface area contributed by atoms with E-state index in [-0.39, 0.29) is 6.03 Å². The van der Waals surface area contributed by atoms with Crippen LogP contribution in [0.25, 0.3) is 0 Å². The lowest BCUT2D eigenvalue weighted by molar-refractivity contribution is 0.133. The van der Waals surface area contributed by atoms with E-state index in [9.17, 15) is 4.79 Å². The number of hydrogen-bond acceptors (Lipinski definition) is 1. The van der Waals surface area contributed by atoms with Crippen molar-refractivity contribution >= 4 is 27.6 Å². The molecule has 2 atom stereocenters. The van der Waals surface area contributed by atoms with Gasteiger partial charge in [0.15, 0.2) is 0 Å². The molecule has 98 valence electrons. The summed E-state index contributed by atoms with van der Waals surface area (Å²) >= 11 is 3.41. The van der Waals surface area contributed by atoms with Crippen LogP contribution in [0.15, 0.2) is 28.7 Å². The van der Waals surface area contributed by atoms with Crippen molar-refractivity contribution in [2.45, 2.75) is 45.2 Å². The van der Waals surface area contributed by atoms with Gasteiger partial charge in [-0.1, -0.05) is 22.0 Å². The van der Waals surface area contributed by atoms with E-state index in [0.29, 0.717) is 12.1 Å². The zero-order valence-corrected chi connectivity index (χ0v) is 12.4. The van der Waals surface area contributed by atoms with Gasteiger partial charge >= 0.3 is 6.03 Å². The fourth-order valence-corrected chi connectivity index (χ4v) is 2.98. The third kappa shape index (κ3) is 3.05. The average molecular weight is 311 g/mol. The normalized spacial score (nSPS) is 23.8. The van der Waals surface area contributed by atoms with Crippen LogP contribution in [0, 0.1) is 0 Å². The quantitative estimate of drug-likeness (QED) is 0.826. The summed E-state index contributed by atoms with van der Waals surface area (Å²) in [4.78, 5) is 14.3. The Hall–Kier alpha value is -1.03. The second kappa shape index (κ2) is 5.74. The van der Waals surface area contributed by atoms with Crippen molar-refractivity contribution in [1.29, 1.82) is 0 Å². The number of benzene rings is 1. The SMILES string of the molecule is C[C@H]1CCC[C@H](C)N1C(=O)Nc1cccc(Br)c1. The first kappa shape index (κ1) is 13.4. The fraction of sp³-hybridized carbons (Fsp3) is 0.500. The minimum atomic E-state index is 0.00722. The van der Waals surface area contributed by atoms with Crippen molar-refractivity contribution in [3.8, 4) is 0 Å². The number of halogens is 1. The van der Waals surface area contributed by atoms with E-state index in [0.717, 1.165) is 23.0 Å². The van der Waals surface area contributed by atoms with Gasteiger partial charge in [0.2, 0.25) is 0 Å². The Bertz CT molecular complexity index is 426. The van der Waals surface area contributed by atoms with Crippen molar-refractivity contribution in [3.05, 3.63) is 28.7 Å². The second-order valence-electron chi connectivity index (χ2n) is 4.98. The molecule has 1 aliphatic heterocycles. The van der Waals surface area contributed by atoms with Gasteiger partial charge in [0, 0.05) is 22.2 Å². The fourth-order valence-electron chi connectivity index (χ4n) is 2.58. The molecule has 1 aromatic carbocycles. The Morgan fingerprint density at radius 2 is 2.00 bits per heavy atom. The highest BCUT2D eigenvalue weighted by molar-refractivity contribution is 9.10. The van der Waals surface area contributed by atoms with Gasteiger partial charge in [-0.15, -0.1) is 0 Å². The third-order valence-corrected chi connectivity index (χ3v) is 4.00. The molecule has 0 bridgehead atoms. The number of carbonyl (C=O) groups excluding carboxylic acids is 1. The second-order valence-corrected chi connectivity index (χ2v) is 5.89. The predicted octanol–water partition coefficient (Wildman–Crippen LogP) is 4.24. The van der Waals surface area contributed by atoms with Crippen LogP contribution in [0.3, 0.4) is 0 Å². The zero-order chi connectivity index (χ0) is 13.1. The molecule has 0 unspecified atom stereocenters. The largest absolute Gasteiger partial charge is 0.322 e. The highest BCUT2D eigenvalue weighted by atomic mass is 79.9. The van der Waals surface area contributed by atoms with Crippen LogP contribution in [0.4, 0.5) is 10.5 Å². The van der Waals surface area contributed by atoms with Crippen LogP contribution >= 0.6 is 15.9 Å². The number of nitrogens with one attached hydrogen (secondary N) is 1. The topological polar surface area (TPSA) is 32.3 Å². The molecule has 1 aliphatic rings. The number of amides is 2. The summed E-state index contributed by atoms with van der Waals surface area (Å²) in [6.07, 6.45) is 3.40. The van der Waals surface area contributed by atoms with Gasteiger partial charge in [-0.3, -0.25) is 0 Å². The molecule has 18 heavy (non-hydrogen) atoms. The van der Waals surface area contributed by atoms with Crippen molar-refractivity contribution in [2.75, 3.05) is 5.32 Å². The maximum atomic E-state index is 12.3. The van der Waals surface area contributed by atoms with Gasteiger partial charge in [0.1, 0.15) is 0 Å². The van der Waals surface area contributed by atoms with Crippen molar-refractivity contribution < 1.29 is 4.79 Å².